The summed E-state index contributed by atoms with van der Waals surface area (Å²) in [6, 6.07) is 2.47. The van der Waals surface area contributed by atoms with Gasteiger partial charge in [0.1, 0.15) is 0 Å². The SMILES string of the molecule is Cc1cc(-c2cnc(Nc3cnc(CNCCN(C)C)cn3)s2)nc(NC2CCCCC2)n1. The van der Waals surface area contributed by atoms with Crippen molar-refractivity contribution in [2.24, 2.45) is 0 Å². The van der Waals surface area contributed by atoms with Gasteiger partial charge in [0, 0.05) is 37.6 Å². The van der Waals surface area contributed by atoms with Crippen molar-refractivity contribution < 1.29 is 0 Å². The van der Waals surface area contributed by atoms with Gasteiger partial charge in [0.15, 0.2) is 10.9 Å². The average Bonchev–Trinajstić information content (AvgIpc) is 3.27. The Hall–Kier alpha value is -2.69. The summed E-state index contributed by atoms with van der Waals surface area (Å²) in [5.41, 5.74) is 2.74. The summed E-state index contributed by atoms with van der Waals surface area (Å²) >= 11 is 1.54. The first-order chi connectivity index (χ1) is 16.0. The van der Waals surface area contributed by atoms with Crippen LogP contribution < -0.4 is 16.0 Å². The first-order valence-electron chi connectivity index (χ1n) is 11.6. The number of rotatable bonds is 10. The highest BCUT2D eigenvalue weighted by molar-refractivity contribution is 7.18. The van der Waals surface area contributed by atoms with Crippen LogP contribution in [0.2, 0.25) is 0 Å². The average molecular weight is 468 g/mol. The second-order valence-corrected chi connectivity index (χ2v) is 9.76. The van der Waals surface area contributed by atoms with E-state index < -0.39 is 0 Å². The maximum absolute atomic E-state index is 4.76. The summed E-state index contributed by atoms with van der Waals surface area (Å²) in [5.74, 6) is 1.38. The van der Waals surface area contributed by atoms with Crippen LogP contribution in [0.15, 0.2) is 24.7 Å². The second-order valence-electron chi connectivity index (χ2n) is 8.73. The molecular weight excluding hydrogens is 434 g/mol. The molecule has 3 aromatic rings. The number of thiazole rings is 1. The van der Waals surface area contributed by atoms with E-state index >= 15 is 0 Å². The van der Waals surface area contributed by atoms with E-state index in [4.69, 9.17) is 4.98 Å². The molecule has 0 radical (unpaired) electrons. The van der Waals surface area contributed by atoms with E-state index in [0.717, 1.165) is 40.2 Å². The molecule has 0 amide bonds. The van der Waals surface area contributed by atoms with E-state index in [-0.39, 0.29) is 0 Å². The number of nitrogens with one attached hydrogen (secondary N) is 3. The van der Waals surface area contributed by atoms with Crippen LogP contribution in [0.1, 0.15) is 43.5 Å². The lowest BCUT2D eigenvalue weighted by Gasteiger charge is -2.22. The summed E-state index contributed by atoms with van der Waals surface area (Å²) in [4.78, 5) is 25.9. The molecule has 0 unspecified atom stereocenters. The molecule has 10 heteroatoms. The van der Waals surface area contributed by atoms with E-state index in [1.165, 1.54) is 32.1 Å². The Bertz CT molecular complexity index is 1010. The molecule has 3 N–H and O–H groups in total. The van der Waals surface area contributed by atoms with Gasteiger partial charge in [-0.1, -0.05) is 30.6 Å². The van der Waals surface area contributed by atoms with E-state index in [1.807, 2.05) is 19.2 Å². The number of hydrogen-bond donors (Lipinski definition) is 3. The molecule has 1 fully saturated rings. The fourth-order valence-electron chi connectivity index (χ4n) is 3.78. The smallest absolute Gasteiger partial charge is 0.223 e. The van der Waals surface area contributed by atoms with Crippen molar-refractivity contribution in [2.45, 2.75) is 51.6 Å². The highest BCUT2D eigenvalue weighted by atomic mass is 32.1. The minimum absolute atomic E-state index is 0.469. The lowest BCUT2D eigenvalue weighted by atomic mass is 9.96. The standard InChI is InChI=1S/C23H33N9S/c1-16-11-19(30-22(28-16)29-17-7-5-4-6-8-17)20-14-27-23(33-20)31-21-15-25-18(13-26-21)12-24-9-10-32(2)3/h11,13-15,17,24H,4-10,12H2,1-3H3,(H,26,27,31)(H,28,29,30). The van der Waals surface area contributed by atoms with Gasteiger partial charge in [-0.25, -0.2) is 19.9 Å². The molecule has 9 nitrogen and oxygen atoms in total. The summed E-state index contributed by atoms with van der Waals surface area (Å²) in [6.45, 7) is 4.61. The maximum Gasteiger partial charge on any atom is 0.223 e. The molecule has 0 bridgehead atoms. The molecule has 33 heavy (non-hydrogen) atoms. The summed E-state index contributed by atoms with van der Waals surface area (Å²) in [5, 5.41) is 10.9. The highest BCUT2D eigenvalue weighted by Crippen LogP contribution is 2.30. The van der Waals surface area contributed by atoms with Gasteiger partial charge in [0.05, 0.1) is 28.7 Å². The number of nitrogens with zero attached hydrogens (tertiary/aromatic N) is 6. The summed E-state index contributed by atoms with van der Waals surface area (Å²) < 4.78 is 0. The molecule has 1 saturated carbocycles. The van der Waals surface area contributed by atoms with Crippen LogP contribution in [0, 0.1) is 6.92 Å². The third kappa shape index (κ3) is 7.15. The zero-order valence-electron chi connectivity index (χ0n) is 19.6. The molecule has 176 valence electrons. The fraction of sp³-hybridized carbons (Fsp3) is 0.522. The van der Waals surface area contributed by atoms with Crippen molar-refractivity contribution in [1.29, 1.82) is 0 Å². The van der Waals surface area contributed by atoms with Gasteiger partial charge < -0.3 is 20.9 Å². The van der Waals surface area contributed by atoms with E-state index in [2.05, 4.69) is 54.9 Å². The number of aromatic nitrogens is 5. The molecule has 3 aromatic heterocycles. The van der Waals surface area contributed by atoms with Gasteiger partial charge in [-0.05, 0) is 39.9 Å². The lowest BCUT2D eigenvalue weighted by Crippen LogP contribution is -2.26. The minimum atomic E-state index is 0.469. The van der Waals surface area contributed by atoms with Crippen LogP contribution in [0.25, 0.3) is 10.6 Å². The molecule has 0 atom stereocenters. The van der Waals surface area contributed by atoms with E-state index in [1.54, 1.807) is 23.7 Å². The molecular formula is C23H33N9S. The Morgan fingerprint density at radius 3 is 2.64 bits per heavy atom. The molecule has 1 aliphatic rings. The largest absolute Gasteiger partial charge is 0.351 e. The third-order valence-electron chi connectivity index (χ3n) is 5.53. The van der Waals surface area contributed by atoms with Gasteiger partial charge in [0.25, 0.3) is 0 Å². The monoisotopic (exact) mass is 467 g/mol. The van der Waals surface area contributed by atoms with E-state index in [9.17, 15) is 0 Å². The van der Waals surface area contributed by atoms with E-state index in [0.29, 0.717) is 24.4 Å². The van der Waals surface area contributed by atoms with Gasteiger partial charge in [-0.2, -0.15) is 0 Å². The Morgan fingerprint density at radius 2 is 1.88 bits per heavy atom. The zero-order valence-corrected chi connectivity index (χ0v) is 20.5. The van der Waals surface area contributed by atoms with Crippen molar-refractivity contribution in [3.63, 3.8) is 0 Å². The Kier molecular flexibility index (Phi) is 8.14. The number of likely N-dealkylation sites (N-methyl/N-ethyl adjacent to an activating group) is 1. The van der Waals surface area contributed by atoms with Crippen molar-refractivity contribution >= 4 is 28.2 Å². The van der Waals surface area contributed by atoms with Gasteiger partial charge in [-0.15, -0.1) is 0 Å². The van der Waals surface area contributed by atoms with Crippen LogP contribution in [-0.2, 0) is 6.54 Å². The first kappa shape index (κ1) is 23.5. The van der Waals surface area contributed by atoms with Crippen LogP contribution >= 0.6 is 11.3 Å². The quantitative estimate of drug-likeness (QED) is 0.384. The fourth-order valence-corrected chi connectivity index (χ4v) is 4.56. The Morgan fingerprint density at radius 1 is 1.03 bits per heavy atom. The lowest BCUT2D eigenvalue weighted by molar-refractivity contribution is 0.399. The summed E-state index contributed by atoms with van der Waals surface area (Å²) in [6.07, 6.45) is 11.6. The molecule has 0 aromatic carbocycles. The first-order valence-corrected chi connectivity index (χ1v) is 12.4. The number of aryl methyl sites for hydroxylation is 1. The van der Waals surface area contributed by atoms with Gasteiger partial charge in [0.2, 0.25) is 5.95 Å². The zero-order chi connectivity index (χ0) is 23.0. The molecule has 0 aliphatic heterocycles. The van der Waals surface area contributed by atoms with Gasteiger partial charge >= 0.3 is 0 Å². The normalized spacial score (nSPS) is 14.5. The van der Waals surface area contributed by atoms with Crippen molar-refractivity contribution in [1.82, 2.24) is 35.1 Å². The maximum atomic E-state index is 4.76. The molecule has 0 saturated heterocycles. The Labute approximate surface area is 199 Å². The van der Waals surface area contributed by atoms with Crippen LogP contribution in [-0.4, -0.2) is 63.0 Å². The highest BCUT2D eigenvalue weighted by Gasteiger charge is 2.16. The van der Waals surface area contributed by atoms with Gasteiger partial charge in [-0.3, -0.25) is 4.98 Å². The molecule has 0 spiro atoms. The molecule has 1 aliphatic carbocycles. The van der Waals surface area contributed by atoms with Crippen LogP contribution in [0.5, 0.6) is 0 Å². The topological polar surface area (TPSA) is 104 Å². The van der Waals surface area contributed by atoms with Crippen molar-refractivity contribution in [3.05, 3.63) is 36.0 Å². The number of anilines is 3. The summed E-state index contributed by atoms with van der Waals surface area (Å²) in [7, 11) is 4.12. The number of hydrogen-bond acceptors (Lipinski definition) is 10. The predicted octanol–water partition coefficient (Wildman–Crippen LogP) is 3.84. The second kappa shape index (κ2) is 11.4. The predicted molar refractivity (Wildman–Crippen MR) is 134 cm³/mol. The Balaban J connectivity index is 1.36. The van der Waals surface area contributed by atoms with Crippen molar-refractivity contribution in [2.75, 3.05) is 37.8 Å². The van der Waals surface area contributed by atoms with Crippen LogP contribution in [0.3, 0.4) is 0 Å². The third-order valence-corrected chi connectivity index (χ3v) is 6.47. The molecule has 4 rings (SSSR count). The van der Waals surface area contributed by atoms with Crippen molar-refractivity contribution in [3.8, 4) is 10.6 Å². The molecule has 3 heterocycles. The van der Waals surface area contributed by atoms with Crippen LogP contribution in [0.4, 0.5) is 16.9 Å². The minimum Gasteiger partial charge on any atom is -0.351 e.